The molecule has 0 N–H and O–H groups in total. The fourth-order valence-corrected chi connectivity index (χ4v) is 4.42. The van der Waals surface area contributed by atoms with Crippen LogP contribution in [0.25, 0.3) is 0 Å². The van der Waals surface area contributed by atoms with Gasteiger partial charge in [-0.15, -0.1) is 0 Å². The van der Waals surface area contributed by atoms with Crippen LogP contribution >= 0.6 is 0 Å². The molecular formula is C26H32N6. The lowest BCUT2D eigenvalue weighted by atomic mass is 10.1. The molecule has 2 aliphatic rings. The van der Waals surface area contributed by atoms with Gasteiger partial charge < -0.3 is 0 Å². The number of pyridine rings is 2. The minimum absolute atomic E-state index is 0.717. The molecule has 6 nitrogen and oxygen atoms in total. The first-order valence-electron chi connectivity index (χ1n) is 11.7. The maximum absolute atomic E-state index is 4.68. The van der Waals surface area contributed by atoms with E-state index in [1.165, 1.54) is 48.2 Å². The zero-order valence-electron chi connectivity index (χ0n) is 19.1. The average Bonchev–Trinajstić information content (AvgIpc) is 3.69. The van der Waals surface area contributed by atoms with E-state index in [0.29, 0.717) is 0 Å². The van der Waals surface area contributed by atoms with Crippen LogP contribution in [-0.4, -0.2) is 43.8 Å². The summed E-state index contributed by atoms with van der Waals surface area (Å²) < 4.78 is 0. The van der Waals surface area contributed by atoms with Gasteiger partial charge in [-0.25, -0.2) is 0 Å². The first kappa shape index (κ1) is 21.2. The molecule has 3 aromatic heterocycles. The molecule has 0 amide bonds. The normalized spacial score (nSPS) is 16.1. The molecule has 6 heteroatoms. The molecule has 0 atom stereocenters. The Morgan fingerprint density at radius 2 is 1.09 bits per heavy atom. The Hall–Kier alpha value is -2.70. The van der Waals surface area contributed by atoms with Crippen molar-refractivity contribution in [1.82, 2.24) is 29.7 Å². The van der Waals surface area contributed by atoms with Gasteiger partial charge in [0.05, 0.1) is 35.2 Å². The molecule has 5 rings (SSSR count). The highest BCUT2D eigenvalue weighted by atomic mass is 15.1. The average molecular weight is 429 g/mol. The summed E-state index contributed by atoms with van der Waals surface area (Å²) in [5.41, 5.74) is 7.21. The monoisotopic (exact) mass is 428 g/mol. The third-order valence-corrected chi connectivity index (χ3v) is 6.35. The Kier molecular flexibility index (Phi) is 6.23. The SMILES string of the molecule is CN(Cc1cnc(CN(C)Cc2ncccc2C2CC2)cn1)Cc1ncccc1C1CC1. The van der Waals surface area contributed by atoms with Gasteiger partial charge in [-0.05, 0) is 74.9 Å². The van der Waals surface area contributed by atoms with E-state index in [0.717, 1.165) is 49.4 Å². The Morgan fingerprint density at radius 3 is 1.47 bits per heavy atom. The summed E-state index contributed by atoms with van der Waals surface area (Å²) in [7, 11) is 4.25. The fourth-order valence-electron chi connectivity index (χ4n) is 4.42. The Labute approximate surface area is 190 Å². The lowest BCUT2D eigenvalue weighted by molar-refractivity contribution is 0.304. The van der Waals surface area contributed by atoms with Crippen molar-refractivity contribution in [1.29, 1.82) is 0 Å². The van der Waals surface area contributed by atoms with Crippen molar-refractivity contribution >= 4 is 0 Å². The molecule has 3 heterocycles. The van der Waals surface area contributed by atoms with Gasteiger partial charge in [0.25, 0.3) is 0 Å². The van der Waals surface area contributed by atoms with E-state index >= 15 is 0 Å². The molecule has 2 aliphatic carbocycles. The Balaban J connectivity index is 1.15. The molecule has 3 aromatic rings. The maximum atomic E-state index is 4.68. The second-order valence-electron chi connectivity index (χ2n) is 9.47. The van der Waals surface area contributed by atoms with Crippen molar-refractivity contribution in [2.24, 2.45) is 0 Å². The van der Waals surface area contributed by atoms with E-state index in [1.54, 1.807) is 0 Å². The Bertz CT molecular complexity index is 958. The molecule has 0 saturated heterocycles. The van der Waals surface area contributed by atoms with Crippen LogP contribution in [0, 0.1) is 0 Å². The van der Waals surface area contributed by atoms with E-state index in [2.05, 4.69) is 68.1 Å². The highest BCUT2D eigenvalue weighted by Gasteiger charge is 2.27. The summed E-state index contributed by atoms with van der Waals surface area (Å²) in [6, 6.07) is 8.58. The quantitative estimate of drug-likeness (QED) is 0.480. The van der Waals surface area contributed by atoms with Crippen LogP contribution in [0.4, 0.5) is 0 Å². The van der Waals surface area contributed by atoms with Gasteiger partial charge in [-0.3, -0.25) is 29.7 Å². The zero-order valence-corrected chi connectivity index (χ0v) is 19.1. The molecule has 166 valence electrons. The summed E-state index contributed by atoms with van der Waals surface area (Å²) in [5.74, 6) is 1.43. The van der Waals surface area contributed by atoms with E-state index in [1.807, 2.05) is 24.8 Å². The number of rotatable bonds is 10. The highest BCUT2D eigenvalue weighted by Crippen LogP contribution is 2.42. The predicted molar refractivity (Wildman–Crippen MR) is 125 cm³/mol. The van der Waals surface area contributed by atoms with Crippen molar-refractivity contribution in [3.63, 3.8) is 0 Å². The number of hydrogen-bond donors (Lipinski definition) is 0. The summed E-state index contributed by atoms with van der Waals surface area (Å²) in [4.78, 5) is 23.2. The van der Waals surface area contributed by atoms with E-state index in [4.69, 9.17) is 0 Å². The largest absolute Gasteiger partial charge is 0.295 e. The first-order chi connectivity index (χ1) is 15.7. The van der Waals surface area contributed by atoms with Crippen LogP contribution in [0.15, 0.2) is 49.1 Å². The molecule has 0 unspecified atom stereocenters. The summed E-state index contributed by atoms with van der Waals surface area (Å²) in [6.45, 7) is 3.21. The van der Waals surface area contributed by atoms with Crippen LogP contribution in [-0.2, 0) is 26.2 Å². The molecule has 2 saturated carbocycles. The standard InChI is InChI=1S/C26H32N6/c1-31(17-25-23(19-7-8-19)5-3-11-27-25)15-21-13-30-22(14-29-21)16-32(2)18-26-24(20-9-10-20)6-4-12-28-26/h3-6,11-14,19-20H,7-10,15-18H2,1-2H3. The lowest BCUT2D eigenvalue weighted by Gasteiger charge is -2.19. The van der Waals surface area contributed by atoms with Gasteiger partial charge in [0, 0.05) is 38.6 Å². The molecule has 32 heavy (non-hydrogen) atoms. The molecule has 0 aromatic carbocycles. The van der Waals surface area contributed by atoms with Crippen molar-refractivity contribution in [3.05, 3.63) is 83.0 Å². The summed E-state index contributed by atoms with van der Waals surface area (Å²) in [5, 5.41) is 0. The number of nitrogens with zero attached hydrogens (tertiary/aromatic N) is 6. The van der Waals surface area contributed by atoms with Gasteiger partial charge in [0.1, 0.15) is 0 Å². The summed E-state index contributed by atoms with van der Waals surface area (Å²) in [6.07, 6.45) is 12.8. The highest BCUT2D eigenvalue weighted by molar-refractivity contribution is 5.28. The van der Waals surface area contributed by atoms with Gasteiger partial charge in [-0.1, -0.05) is 12.1 Å². The van der Waals surface area contributed by atoms with Crippen molar-refractivity contribution in [3.8, 4) is 0 Å². The molecular weight excluding hydrogens is 396 g/mol. The van der Waals surface area contributed by atoms with Gasteiger partial charge in [0.2, 0.25) is 0 Å². The minimum atomic E-state index is 0.717. The van der Waals surface area contributed by atoms with Crippen LogP contribution in [0.3, 0.4) is 0 Å². The third-order valence-electron chi connectivity index (χ3n) is 6.35. The number of hydrogen-bond acceptors (Lipinski definition) is 6. The van der Waals surface area contributed by atoms with Gasteiger partial charge in [0.15, 0.2) is 0 Å². The van der Waals surface area contributed by atoms with E-state index in [-0.39, 0.29) is 0 Å². The van der Waals surface area contributed by atoms with Crippen LogP contribution in [0.2, 0.25) is 0 Å². The smallest absolute Gasteiger partial charge is 0.0727 e. The van der Waals surface area contributed by atoms with Crippen LogP contribution in [0.5, 0.6) is 0 Å². The maximum Gasteiger partial charge on any atom is 0.0727 e. The third kappa shape index (κ3) is 5.37. The van der Waals surface area contributed by atoms with Crippen molar-refractivity contribution < 1.29 is 0 Å². The molecule has 0 spiro atoms. The van der Waals surface area contributed by atoms with Crippen LogP contribution < -0.4 is 0 Å². The minimum Gasteiger partial charge on any atom is -0.295 e. The summed E-state index contributed by atoms with van der Waals surface area (Å²) >= 11 is 0. The molecule has 2 fully saturated rings. The number of aromatic nitrogens is 4. The van der Waals surface area contributed by atoms with Crippen molar-refractivity contribution in [2.75, 3.05) is 14.1 Å². The molecule has 0 radical (unpaired) electrons. The van der Waals surface area contributed by atoms with Gasteiger partial charge in [-0.2, -0.15) is 0 Å². The lowest BCUT2D eigenvalue weighted by Crippen LogP contribution is -2.21. The second-order valence-corrected chi connectivity index (χ2v) is 9.47. The second kappa shape index (κ2) is 9.43. The fraction of sp³-hybridized carbons (Fsp3) is 0.462. The zero-order chi connectivity index (χ0) is 21.9. The van der Waals surface area contributed by atoms with Crippen LogP contribution in [0.1, 0.15) is 71.4 Å². The molecule has 0 bridgehead atoms. The van der Waals surface area contributed by atoms with E-state index < -0.39 is 0 Å². The molecule has 0 aliphatic heterocycles. The Morgan fingerprint density at radius 1 is 0.656 bits per heavy atom. The van der Waals surface area contributed by atoms with Gasteiger partial charge >= 0.3 is 0 Å². The topological polar surface area (TPSA) is 58.0 Å². The van der Waals surface area contributed by atoms with Crippen molar-refractivity contribution in [2.45, 2.75) is 63.7 Å². The van der Waals surface area contributed by atoms with E-state index in [9.17, 15) is 0 Å². The first-order valence-corrected chi connectivity index (χ1v) is 11.7. The predicted octanol–water partition coefficient (Wildman–Crippen LogP) is 4.29.